The minimum Gasteiger partial charge on any atom is -0.321 e. The standard InChI is InChI=1S/C23H27Cl3N4O/c24-18-6-4-17(5-7-18)22(20-9-8-19(25)16-21(20)26)28-12-14-29(15-13-28)23(31)27-30-10-2-1-3-11-30/h4-9,16,22H,1-3,10-15H2,(H,27,31). The Bertz CT molecular complexity index is 894. The summed E-state index contributed by atoms with van der Waals surface area (Å²) in [6.45, 7) is 4.68. The molecular formula is C23H27Cl3N4O. The van der Waals surface area contributed by atoms with Gasteiger partial charge in [-0.1, -0.05) is 59.4 Å². The largest absolute Gasteiger partial charge is 0.332 e. The quantitative estimate of drug-likeness (QED) is 0.630. The van der Waals surface area contributed by atoms with Crippen LogP contribution in [-0.2, 0) is 0 Å². The number of nitrogens with one attached hydrogen (secondary N) is 1. The summed E-state index contributed by atoms with van der Waals surface area (Å²) in [6.07, 6.45) is 3.52. The fourth-order valence-electron chi connectivity index (χ4n) is 4.35. The van der Waals surface area contributed by atoms with Gasteiger partial charge in [0.2, 0.25) is 0 Å². The van der Waals surface area contributed by atoms with Gasteiger partial charge in [-0.15, -0.1) is 0 Å². The van der Waals surface area contributed by atoms with Gasteiger partial charge < -0.3 is 4.90 Å². The van der Waals surface area contributed by atoms with Crippen LogP contribution < -0.4 is 5.43 Å². The number of hydrogen-bond acceptors (Lipinski definition) is 3. The monoisotopic (exact) mass is 480 g/mol. The van der Waals surface area contributed by atoms with Crippen molar-refractivity contribution in [2.24, 2.45) is 0 Å². The number of hydrazine groups is 1. The van der Waals surface area contributed by atoms with Crippen LogP contribution in [0.15, 0.2) is 42.5 Å². The number of benzene rings is 2. The van der Waals surface area contributed by atoms with Gasteiger partial charge in [0.05, 0.1) is 6.04 Å². The number of halogens is 3. The molecule has 2 heterocycles. The first-order valence-electron chi connectivity index (χ1n) is 10.8. The number of carbonyl (C=O) groups excluding carboxylic acids is 1. The van der Waals surface area contributed by atoms with Gasteiger partial charge in [-0.25, -0.2) is 9.80 Å². The molecule has 2 amide bonds. The molecule has 0 bridgehead atoms. The molecule has 2 aromatic carbocycles. The van der Waals surface area contributed by atoms with Crippen LogP contribution in [0.1, 0.15) is 36.4 Å². The number of urea groups is 1. The molecule has 0 aromatic heterocycles. The molecule has 5 nitrogen and oxygen atoms in total. The summed E-state index contributed by atoms with van der Waals surface area (Å²) in [5.41, 5.74) is 5.18. The second-order valence-corrected chi connectivity index (χ2v) is 9.39. The molecule has 0 radical (unpaired) electrons. The Labute approximate surface area is 198 Å². The average molecular weight is 482 g/mol. The topological polar surface area (TPSA) is 38.8 Å². The van der Waals surface area contributed by atoms with E-state index in [9.17, 15) is 4.79 Å². The van der Waals surface area contributed by atoms with Crippen molar-refractivity contribution in [2.45, 2.75) is 25.3 Å². The van der Waals surface area contributed by atoms with Gasteiger partial charge in [0.25, 0.3) is 0 Å². The molecule has 0 spiro atoms. The Morgan fingerprint density at radius 2 is 1.45 bits per heavy atom. The molecule has 2 aliphatic heterocycles. The minimum absolute atomic E-state index is 0.00545. The Morgan fingerprint density at radius 3 is 2.10 bits per heavy atom. The third kappa shape index (κ3) is 5.65. The molecular weight excluding hydrogens is 455 g/mol. The molecule has 166 valence electrons. The molecule has 1 atom stereocenters. The van der Waals surface area contributed by atoms with Gasteiger partial charge in [0, 0.05) is 54.3 Å². The number of hydrogen-bond donors (Lipinski definition) is 1. The molecule has 31 heavy (non-hydrogen) atoms. The van der Waals surface area contributed by atoms with Gasteiger partial charge >= 0.3 is 6.03 Å². The maximum atomic E-state index is 12.7. The van der Waals surface area contributed by atoms with E-state index in [-0.39, 0.29) is 12.1 Å². The lowest BCUT2D eigenvalue weighted by molar-refractivity contribution is 0.0954. The summed E-state index contributed by atoms with van der Waals surface area (Å²) in [5.74, 6) is 0. The highest BCUT2D eigenvalue weighted by atomic mass is 35.5. The van der Waals surface area contributed by atoms with Crippen LogP contribution in [0.2, 0.25) is 15.1 Å². The van der Waals surface area contributed by atoms with Crippen LogP contribution >= 0.6 is 34.8 Å². The zero-order chi connectivity index (χ0) is 21.8. The van der Waals surface area contributed by atoms with Gasteiger partial charge in [-0.05, 0) is 48.2 Å². The second kappa shape index (κ2) is 10.4. The van der Waals surface area contributed by atoms with E-state index in [1.54, 1.807) is 6.07 Å². The molecule has 4 rings (SSSR count). The van der Waals surface area contributed by atoms with Gasteiger partial charge in [0.15, 0.2) is 0 Å². The Morgan fingerprint density at radius 1 is 0.806 bits per heavy atom. The number of nitrogens with zero attached hydrogens (tertiary/aromatic N) is 3. The third-order valence-corrected chi connectivity index (χ3v) is 6.83. The van der Waals surface area contributed by atoms with Crippen LogP contribution in [0.25, 0.3) is 0 Å². The predicted octanol–water partition coefficient (Wildman–Crippen LogP) is 5.46. The van der Waals surface area contributed by atoms with E-state index in [0.29, 0.717) is 28.2 Å². The van der Waals surface area contributed by atoms with Gasteiger partial charge in [0.1, 0.15) is 0 Å². The molecule has 0 saturated carbocycles. The maximum absolute atomic E-state index is 12.7. The van der Waals surface area contributed by atoms with Crippen molar-refractivity contribution >= 4 is 40.8 Å². The zero-order valence-corrected chi connectivity index (χ0v) is 19.6. The summed E-state index contributed by atoms with van der Waals surface area (Å²) in [5, 5.41) is 3.99. The van der Waals surface area contributed by atoms with Crippen LogP contribution in [0, 0.1) is 0 Å². The summed E-state index contributed by atoms with van der Waals surface area (Å²) in [6, 6.07) is 13.5. The first-order valence-corrected chi connectivity index (χ1v) is 11.9. The molecule has 2 aromatic rings. The molecule has 2 fully saturated rings. The van der Waals surface area contributed by atoms with E-state index in [1.807, 2.05) is 46.3 Å². The Kier molecular flexibility index (Phi) is 7.62. The highest BCUT2D eigenvalue weighted by Gasteiger charge is 2.30. The van der Waals surface area contributed by atoms with Gasteiger partial charge in [-0.3, -0.25) is 10.3 Å². The first-order chi connectivity index (χ1) is 15.0. The van der Waals surface area contributed by atoms with E-state index < -0.39 is 0 Å². The van der Waals surface area contributed by atoms with Crippen molar-refractivity contribution in [1.29, 1.82) is 0 Å². The number of amides is 2. The zero-order valence-electron chi connectivity index (χ0n) is 17.4. The lowest BCUT2D eigenvalue weighted by Crippen LogP contribution is -2.56. The highest BCUT2D eigenvalue weighted by molar-refractivity contribution is 6.35. The van der Waals surface area contributed by atoms with Crippen LogP contribution in [0.5, 0.6) is 0 Å². The van der Waals surface area contributed by atoms with Crippen molar-refractivity contribution in [3.8, 4) is 0 Å². The smallest absolute Gasteiger partial charge is 0.321 e. The van der Waals surface area contributed by atoms with Crippen molar-refractivity contribution in [3.05, 3.63) is 68.7 Å². The normalized spacial score (nSPS) is 19.3. The number of carbonyl (C=O) groups is 1. The minimum atomic E-state index is -0.0330. The van der Waals surface area contributed by atoms with E-state index >= 15 is 0 Å². The molecule has 8 heteroatoms. The van der Waals surface area contributed by atoms with Crippen molar-refractivity contribution < 1.29 is 4.79 Å². The Balaban J connectivity index is 1.48. The third-order valence-electron chi connectivity index (χ3n) is 6.02. The molecule has 1 unspecified atom stereocenters. The summed E-state index contributed by atoms with van der Waals surface area (Å²) >= 11 is 18.9. The maximum Gasteiger partial charge on any atom is 0.332 e. The fraction of sp³-hybridized carbons (Fsp3) is 0.435. The number of rotatable bonds is 4. The number of piperazine rings is 1. The molecule has 2 saturated heterocycles. The number of piperidine rings is 1. The molecule has 0 aliphatic carbocycles. The van der Waals surface area contributed by atoms with Crippen LogP contribution in [0.3, 0.4) is 0 Å². The summed E-state index contributed by atoms with van der Waals surface area (Å²) < 4.78 is 0. The van der Waals surface area contributed by atoms with E-state index in [1.165, 1.54) is 6.42 Å². The lowest BCUT2D eigenvalue weighted by atomic mass is 9.96. The van der Waals surface area contributed by atoms with Gasteiger partial charge in [-0.2, -0.15) is 0 Å². The average Bonchev–Trinajstić information content (AvgIpc) is 2.78. The molecule has 1 N–H and O–H groups in total. The van der Waals surface area contributed by atoms with E-state index in [2.05, 4.69) is 10.3 Å². The lowest BCUT2D eigenvalue weighted by Gasteiger charge is -2.40. The highest BCUT2D eigenvalue weighted by Crippen LogP contribution is 2.35. The Hall–Kier alpha value is -1.50. The second-order valence-electron chi connectivity index (χ2n) is 8.11. The van der Waals surface area contributed by atoms with Crippen molar-refractivity contribution in [3.63, 3.8) is 0 Å². The fourth-order valence-corrected chi connectivity index (χ4v) is 4.99. The first kappa shape index (κ1) is 22.7. The van der Waals surface area contributed by atoms with E-state index in [0.717, 1.165) is 50.1 Å². The van der Waals surface area contributed by atoms with E-state index in [4.69, 9.17) is 34.8 Å². The summed E-state index contributed by atoms with van der Waals surface area (Å²) in [4.78, 5) is 17.0. The summed E-state index contributed by atoms with van der Waals surface area (Å²) in [7, 11) is 0. The predicted molar refractivity (Wildman–Crippen MR) is 127 cm³/mol. The van der Waals surface area contributed by atoms with Crippen molar-refractivity contribution in [1.82, 2.24) is 20.2 Å². The van der Waals surface area contributed by atoms with Crippen LogP contribution in [-0.4, -0.2) is 60.1 Å². The van der Waals surface area contributed by atoms with Crippen LogP contribution in [0.4, 0.5) is 4.79 Å². The molecule has 2 aliphatic rings. The van der Waals surface area contributed by atoms with Crippen molar-refractivity contribution in [2.75, 3.05) is 39.3 Å². The SMILES string of the molecule is O=C(NN1CCCCC1)N1CCN(C(c2ccc(Cl)cc2)c2ccc(Cl)cc2Cl)CC1.